The van der Waals surface area contributed by atoms with Crippen LogP contribution in [0.1, 0.15) is 81.4 Å². The molecule has 0 bridgehead atoms. The quantitative estimate of drug-likeness (QED) is 0.274. The summed E-state index contributed by atoms with van der Waals surface area (Å²) in [6.45, 7) is 4.94. The summed E-state index contributed by atoms with van der Waals surface area (Å²) in [5.74, 6) is 2.38. The Balaban J connectivity index is 1.24. The number of hydrogen-bond donors (Lipinski definition) is 1. The molecule has 9 heteroatoms. The second kappa shape index (κ2) is 14.2. The molecule has 41 heavy (non-hydrogen) atoms. The molecule has 1 aliphatic carbocycles. The van der Waals surface area contributed by atoms with Crippen molar-refractivity contribution in [3.8, 4) is 0 Å². The molecule has 0 atom stereocenters. The van der Waals surface area contributed by atoms with Crippen LogP contribution in [0.15, 0.2) is 53.4 Å². The van der Waals surface area contributed by atoms with Crippen molar-refractivity contribution >= 4 is 32.7 Å². The van der Waals surface area contributed by atoms with Crippen LogP contribution in [0.3, 0.4) is 0 Å². The van der Waals surface area contributed by atoms with Gasteiger partial charge in [0.15, 0.2) is 0 Å². The first-order valence-corrected chi connectivity index (χ1v) is 16.5. The van der Waals surface area contributed by atoms with Gasteiger partial charge in [0.25, 0.3) is 5.91 Å². The number of benzene rings is 2. The van der Waals surface area contributed by atoms with Crippen LogP contribution >= 0.6 is 0 Å². The van der Waals surface area contributed by atoms with E-state index in [0.29, 0.717) is 24.6 Å². The fraction of sp³-hybridized carbons (Fsp3) is 0.531. The van der Waals surface area contributed by atoms with Crippen LogP contribution in [0.4, 0.5) is 5.82 Å². The summed E-state index contributed by atoms with van der Waals surface area (Å²) >= 11 is 0. The summed E-state index contributed by atoms with van der Waals surface area (Å²) in [6, 6.07) is 14.7. The molecule has 0 spiro atoms. The second-order valence-electron chi connectivity index (χ2n) is 11.4. The number of nitrogens with one attached hydrogen (secondary N) is 1. The van der Waals surface area contributed by atoms with Gasteiger partial charge in [-0.15, -0.1) is 0 Å². The van der Waals surface area contributed by atoms with E-state index in [-0.39, 0.29) is 16.8 Å². The van der Waals surface area contributed by atoms with Crippen molar-refractivity contribution in [2.75, 3.05) is 32.1 Å². The van der Waals surface area contributed by atoms with Crippen LogP contribution in [-0.2, 0) is 16.4 Å². The van der Waals surface area contributed by atoms with Gasteiger partial charge in [-0.25, -0.2) is 18.4 Å². The Morgan fingerprint density at radius 3 is 2.22 bits per heavy atom. The SMILES string of the molecule is CCCN(CCC)S(=O)(=O)c1ccc(C(=O)NC2CCC(CCCc3nc(N(C)C)c4ccccc4n3)CC2)cc1. The van der Waals surface area contributed by atoms with Gasteiger partial charge in [0, 0.05) is 50.6 Å². The van der Waals surface area contributed by atoms with Crippen molar-refractivity contribution in [3.05, 3.63) is 59.9 Å². The molecule has 1 fully saturated rings. The highest BCUT2D eigenvalue weighted by Gasteiger charge is 2.25. The standard InChI is InChI=1S/C32H45N5O3S/c1-5-22-37(23-6-2)41(39,40)27-20-16-25(17-21-27)32(38)33-26-18-14-24(15-19-26)10-9-13-30-34-29-12-8-7-11-28(29)31(35-30)36(3)4/h7-8,11-12,16-17,20-21,24,26H,5-6,9-10,13-15,18-19,22-23H2,1-4H3,(H,33,38). The number of sulfonamides is 1. The van der Waals surface area contributed by atoms with E-state index in [0.717, 1.165) is 80.3 Å². The van der Waals surface area contributed by atoms with Crippen LogP contribution < -0.4 is 10.2 Å². The molecule has 0 aliphatic heterocycles. The molecule has 222 valence electrons. The maximum absolute atomic E-state index is 13.0. The van der Waals surface area contributed by atoms with Gasteiger partial charge < -0.3 is 10.2 Å². The van der Waals surface area contributed by atoms with E-state index in [1.54, 1.807) is 24.3 Å². The molecule has 1 heterocycles. The Labute approximate surface area is 245 Å². The number of para-hydroxylation sites is 1. The zero-order chi connectivity index (χ0) is 29.4. The molecule has 1 aliphatic rings. The molecular formula is C32H45N5O3S. The number of carbonyl (C=O) groups excluding carboxylic acids is 1. The predicted molar refractivity (Wildman–Crippen MR) is 166 cm³/mol. The first-order valence-electron chi connectivity index (χ1n) is 15.1. The predicted octanol–water partition coefficient (Wildman–Crippen LogP) is 5.82. The minimum absolute atomic E-state index is 0.137. The van der Waals surface area contributed by atoms with Crippen molar-refractivity contribution in [1.82, 2.24) is 19.6 Å². The molecule has 0 saturated heterocycles. The van der Waals surface area contributed by atoms with Gasteiger partial charge in [-0.2, -0.15) is 4.31 Å². The van der Waals surface area contributed by atoms with E-state index in [9.17, 15) is 13.2 Å². The van der Waals surface area contributed by atoms with Crippen molar-refractivity contribution in [3.63, 3.8) is 0 Å². The zero-order valence-electron chi connectivity index (χ0n) is 25.0. The van der Waals surface area contributed by atoms with Gasteiger partial charge in [0.1, 0.15) is 11.6 Å². The largest absolute Gasteiger partial charge is 0.362 e. The molecule has 3 aromatic rings. The number of nitrogens with zero attached hydrogens (tertiary/aromatic N) is 4. The van der Waals surface area contributed by atoms with Crippen molar-refractivity contribution < 1.29 is 13.2 Å². The third-order valence-electron chi connectivity index (χ3n) is 7.95. The van der Waals surface area contributed by atoms with Gasteiger partial charge in [-0.3, -0.25) is 4.79 Å². The minimum Gasteiger partial charge on any atom is -0.362 e. The molecule has 1 aromatic heterocycles. The molecule has 2 aromatic carbocycles. The van der Waals surface area contributed by atoms with E-state index in [1.807, 2.05) is 51.0 Å². The van der Waals surface area contributed by atoms with Gasteiger partial charge in [0.2, 0.25) is 10.0 Å². The van der Waals surface area contributed by atoms with E-state index in [1.165, 1.54) is 4.31 Å². The molecule has 1 saturated carbocycles. The van der Waals surface area contributed by atoms with Crippen molar-refractivity contribution in [2.24, 2.45) is 5.92 Å². The number of rotatable bonds is 13. The van der Waals surface area contributed by atoms with E-state index >= 15 is 0 Å². The fourth-order valence-corrected chi connectivity index (χ4v) is 7.37. The minimum atomic E-state index is -3.55. The molecule has 8 nitrogen and oxygen atoms in total. The lowest BCUT2D eigenvalue weighted by atomic mass is 9.83. The third kappa shape index (κ3) is 7.83. The Morgan fingerprint density at radius 1 is 0.927 bits per heavy atom. The maximum Gasteiger partial charge on any atom is 0.251 e. The van der Waals surface area contributed by atoms with Gasteiger partial charge in [-0.05, 0) is 87.3 Å². The number of aryl methyl sites for hydroxylation is 1. The molecule has 1 amide bonds. The number of carbonyl (C=O) groups is 1. The van der Waals surface area contributed by atoms with E-state index in [2.05, 4.69) is 11.4 Å². The number of aromatic nitrogens is 2. The molecular weight excluding hydrogens is 534 g/mol. The molecule has 0 radical (unpaired) electrons. The normalized spacial score (nSPS) is 17.6. The zero-order valence-corrected chi connectivity index (χ0v) is 25.8. The lowest BCUT2D eigenvalue weighted by Crippen LogP contribution is -2.37. The molecule has 1 N–H and O–H groups in total. The smallest absolute Gasteiger partial charge is 0.251 e. The van der Waals surface area contributed by atoms with Crippen LogP contribution in [0.5, 0.6) is 0 Å². The van der Waals surface area contributed by atoms with Crippen LogP contribution in [0.25, 0.3) is 10.9 Å². The van der Waals surface area contributed by atoms with Gasteiger partial charge in [0.05, 0.1) is 10.4 Å². The number of anilines is 1. The lowest BCUT2D eigenvalue weighted by molar-refractivity contribution is 0.0921. The summed E-state index contributed by atoms with van der Waals surface area (Å²) in [7, 11) is 0.486. The number of fused-ring (bicyclic) bond motifs is 1. The Hall–Kier alpha value is -3.04. The highest BCUT2D eigenvalue weighted by molar-refractivity contribution is 7.89. The van der Waals surface area contributed by atoms with E-state index in [4.69, 9.17) is 9.97 Å². The van der Waals surface area contributed by atoms with Crippen LogP contribution in [0, 0.1) is 5.92 Å². The maximum atomic E-state index is 13.0. The van der Waals surface area contributed by atoms with Gasteiger partial charge >= 0.3 is 0 Å². The summed E-state index contributed by atoms with van der Waals surface area (Å²) in [4.78, 5) is 24.8. The third-order valence-corrected chi connectivity index (χ3v) is 9.86. The van der Waals surface area contributed by atoms with Crippen LogP contribution in [0.2, 0.25) is 0 Å². The average molecular weight is 580 g/mol. The fourth-order valence-electron chi connectivity index (χ4n) is 5.75. The average Bonchev–Trinajstić information content (AvgIpc) is 2.97. The highest BCUT2D eigenvalue weighted by atomic mass is 32.2. The Morgan fingerprint density at radius 2 is 1.59 bits per heavy atom. The lowest BCUT2D eigenvalue weighted by Gasteiger charge is -2.29. The second-order valence-corrected chi connectivity index (χ2v) is 13.3. The number of amides is 1. The summed E-state index contributed by atoms with van der Waals surface area (Å²) in [6.07, 6.45) is 8.68. The molecule has 0 unspecified atom stereocenters. The first kappa shape index (κ1) is 30.9. The number of hydrogen-bond acceptors (Lipinski definition) is 6. The van der Waals surface area contributed by atoms with Crippen molar-refractivity contribution in [1.29, 1.82) is 0 Å². The van der Waals surface area contributed by atoms with Gasteiger partial charge in [-0.1, -0.05) is 32.4 Å². The Kier molecular flexibility index (Phi) is 10.7. The summed E-state index contributed by atoms with van der Waals surface area (Å²) < 4.78 is 27.5. The monoisotopic (exact) mass is 579 g/mol. The van der Waals surface area contributed by atoms with Crippen LogP contribution in [-0.4, -0.2) is 61.8 Å². The highest BCUT2D eigenvalue weighted by Crippen LogP contribution is 2.29. The Bertz CT molecular complexity index is 1390. The van der Waals surface area contributed by atoms with E-state index < -0.39 is 10.0 Å². The first-order chi connectivity index (χ1) is 19.7. The summed E-state index contributed by atoms with van der Waals surface area (Å²) in [5.41, 5.74) is 1.49. The molecule has 4 rings (SSSR count). The van der Waals surface area contributed by atoms with Crippen molar-refractivity contribution in [2.45, 2.75) is 82.6 Å². The summed E-state index contributed by atoms with van der Waals surface area (Å²) in [5, 5.41) is 4.25. The topological polar surface area (TPSA) is 95.5 Å².